The molecule has 5 heteroatoms. The summed E-state index contributed by atoms with van der Waals surface area (Å²) in [5.74, 6) is 0. The molecule has 0 heterocycles. The molecule has 2 aromatic carbocycles. The van der Waals surface area contributed by atoms with Gasteiger partial charge in [0.25, 0.3) is 10.0 Å². The van der Waals surface area contributed by atoms with Crippen LogP contribution in [0.1, 0.15) is 31.1 Å². The van der Waals surface area contributed by atoms with Crippen LogP contribution < -0.4 is 4.72 Å². The Morgan fingerprint density at radius 2 is 1.86 bits per heavy atom. The summed E-state index contributed by atoms with van der Waals surface area (Å²) < 4.78 is 27.3. The molecule has 4 nitrogen and oxygen atoms in total. The van der Waals surface area contributed by atoms with Crippen molar-refractivity contribution in [1.29, 1.82) is 0 Å². The third-order valence-corrected chi connectivity index (χ3v) is 4.62. The summed E-state index contributed by atoms with van der Waals surface area (Å²) in [5, 5.41) is 9.56. The fraction of sp³-hybridized carbons (Fsp3) is 0.250. The minimum Gasteiger partial charge on any atom is -0.389 e. The zero-order chi connectivity index (χ0) is 15.5. The van der Waals surface area contributed by atoms with Crippen molar-refractivity contribution in [3.8, 4) is 0 Å². The van der Waals surface area contributed by atoms with Crippen LogP contribution in [0.4, 0.5) is 5.69 Å². The first-order chi connectivity index (χ1) is 9.92. The molecule has 1 unspecified atom stereocenters. The van der Waals surface area contributed by atoms with Gasteiger partial charge in [0.05, 0.1) is 11.0 Å². The van der Waals surface area contributed by atoms with Gasteiger partial charge in [0.1, 0.15) is 0 Å². The van der Waals surface area contributed by atoms with Gasteiger partial charge in [-0.05, 0) is 48.7 Å². The van der Waals surface area contributed by atoms with Gasteiger partial charge in [-0.25, -0.2) is 8.42 Å². The lowest BCUT2D eigenvalue weighted by molar-refractivity contribution is 0.199. The molecule has 0 bridgehead atoms. The SMILES string of the molecule is CCc1cccc(NS(=O)(=O)c2cccc(C(C)O)c2)c1. The highest BCUT2D eigenvalue weighted by molar-refractivity contribution is 7.92. The minimum atomic E-state index is -3.66. The van der Waals surface area contributed by atoms with E-state index in [1.165, 1.54) is 12.1 Å². The lowest BCUT2D eigenvalue weighted by Crippen LogP contribution is -2.13. The Labute approximate surface area is 125 Å². The van der Waals surface area contributed by atoms with Crippen LogP contribution in [-0.2, 0) is 16.4 Å². The van der Waals surface area contributed by atoms with Gasteiger partial charge in [-0.15, -0.1) is 0 Å². The fourth-order valence-corrected chi connectivity index (χ4v) is 3.11. The average Bonchev–Trinajstić information content (AvgIpc) is 2.47. The van der Waals surface area contributed by atoms with E-state index in [0.29, 0.717) is 11.3 Å². The molecule has 0 aliphatic rings. The molecule has 0 aliphatic heterocycles. The van der Waals surface area contributed by atoms with Crippen LogP contribution in [0.3, 0.4) is 0 Å². The Balaban J connectivity index is 2.31. The molecule has 21 heavy (non-hydrogen) atoms. The van der Waals surface area contributed by atoms with Gasteiger partial charge in [0, 0.05) is 5.69 Å². The predicted molar refractivity (Wildman–Crippen MR) is 83.7 cm³/mol. The summed E-state index contributed by atoms with van der Waals surface area (Å²) >= 11 is 0. The molecule has 0 aromatic heterocycles. The summed E-state index contributed by atoms with van der Waals surface area (Å²) in [5.41, 5.74) is 2.17. The zero-order valence-corrected chi connectivity index (χ0v) is 12.9. The number of hydrogen-bond donors (Lipinski definition) is 2. The number of nitrogens with one attached hydrogen (secondary N) is 1. The predicted octanol–water partition coefficient (Wildman–Crippen LogP) is 3.10. The average molecular weight is 305 g/mol. The Hall–Kier alpha value is -1.85. The molecule has 112 valence electrons. The van der Waals surface area contributed by atoms with E-state index in [2.05, 4.69) is 4.72 Å². The quantitative estimate of drug-likeness (QED) is 0.892. The first-order valence-corrected chi connectivity index (χ1v) is 8.30. The number of aliphatic hydroxyl groups excluding tert-OH is 1. The molecule has 0 radical (unpaired) electrons. The second-order valence-electron chi connectivity index (χ2n) is 4.91. The van der Waals surface area contributed by atoms with Crippen LogP contribution in [0.5, 0.6) is 0 Å². The maximum absolute atomic E-state index is 12.4. The molecule has 1 atom stereocenters. The van der Waals surface area contributed by atoms with E-state index in [1.807, 2.05) is 25.1 Å². The maximum atomic E-state index is 12.4. The molecule has 0 saturated heterocycles. The first kappa shape index (κ1) is 15.5. The molecular weight excluding hydrogens is 286 g/mol. The highest BCUT2D eigenvalue weighted by atomic mass is 32.2. The Morgan fingerprint density at radius 1 is 1.14 bits per heavy atom. The number of sulfonamides is 1. The molecule has 2 N–H and O–H groups in total. The number of anilines is 1. The zero-order valence-electron chi connectivity index (χ0n) is 12.1. The number of hydrogen-bond acceptors (Lipinski definition) is 3. The normalized spacial score (nSPS) is 12.9. The molecule has 0 aliphatic carbocycles. The van der Waals surface area contributed by atoms with Gasteiger partial charge >= 0.3 is 0 Å². The smallest absolute Gasteiger partial charge is 0.261 e. The van der Waals surface area contributed by atoms with E-state index >= 15 is 0 Å². The molecule has 2 rings (SSSR count). The Morgan fingerprint density at radius 3 is 2.52 bits per heavy atom. The summed E-state index contributed by atoms with van der Waals surface area (Å²) in [4.78, 5) is 0.141. The van der Waals surface area contributed by atoms with Crippen LogP contribution in [0.2, 0.25) is 0 Å². The van der Waals surface area contributed by atoms with Crippen LogP contribution in [0.15, 0.2) is 53.4 Å². The third kappa shape index (κ3) is 3.83. The molecule has 0 spiro atoms. The van der Waals surface area contributed by atoms with Gasteiger partial charge in [0.2, 0.25) is 0 Å². The summed E-state index contributed by atoms with van der Waals surface area (Å²) in [6, 6.07) is 13.6. The maximum Gasteiger partial charge on any atom is 0.261 e. The van der Waals surface area contributed by atoms with Gasteiger partial charge in [-0.3, -0.25) is 4.72 Å². The van der Waals surface area contributed by atoms with Crippen LogP contribution >= 0.6 is 0 Å². The number of benzene rings is 2. The molecular formula is C16H19NO3S. The second-order valence-corrected chi connectivity index (χ2v) is 6.59. The van der Waals surface area contributed by atoms with E-state index in [4.69, 9.17) is 0 Å². The van der Waals surface area contributed by atoms with Gasteiger partial charge in [-0.2, -0.15) is 0 Å². The number of aryl methyl sites for hydroxylation is 1. The first-order valence-electron chi connectivity index (χ1n) is 6.82. The lowest BCUT2D eigenvalue weighted by Gasteiger charge is -2.11. The van der Waals surface area contributed by atoms with E-state index < -0.39 is 16.1 Å². The monoisotopic (exact) mass is 305 g/mol. The third-order valence-electron chi connectivity index (χ3n) is 3.24. The van der Waals surface area contributed by atoms with E-state index in [0.717, 1.165) is 12.0 Å². The second kappa shape index (κ2) is 6.28. The molecule has 0 amide bonds. The van der Waals surface area contributed by atoms with Crippen LogP contribution in [0.25, 0.3) is 0 Å². The van der Waals surface area contributed by atoms with Crippen LogP contribution in [0, 0.1) is 0 Å². The highest BCUT2D eigenvalue weighted by Gasteiger charge is 2.15. The van der Waals surface area contributed by atoms with Crippen molar-refractivity contribution in [1.82, 2.24) is 0 Å². The summed E-state index contributed by atoms with van der Waals surface area (Å²) in [6.07, 6.45) is 0.135. The standard InChI is InChI=1S/C16H19NO3S/c1-3-13-6-4-8-15(10-13)17-21(19,20)16-9-5-7-14(11-16)12(2)18/h4-12,17-18H,3H2,1-2H3. The van der Waals surface area contributed by atoms with Crippen molar-refractivity contribution in [2.45, 2.75) is 31.3 Å². The molecule has 2 aromatic rings. The minimum absolute atomic E-state index is 0.141. The van der Waals surface area contributed by atoms with E-state index in [-0.39, 0.29) is 4.90 Å². The fourth-order valence-electron chi connectivity index (χ4n) is 2.01. The topological polar surface area (TPSA) is 66.4 Å². The summed E-state index contributed by atoms with van der Waals surface area (Å²) in [7, 11) is -3.66. The van der Waals surface area contributed by atoms with Crippen molar-refractivity contribution < 1.29 is 13.5 Å². The van der Waals surface area contributed by atoms with E-state index in [1.54, 1.807) is 25.1 Å². The Kier molecular flexibility index (Phi) is 4.65. The van der Waals surface area contributed by atoms with Gasteiger partial charge in [0.15, 0.2) is 0 Å². The van der Waals surface area contributed by atoms with Crippen molar-refractivity contribution >= 4 is 15.7 Å². The molecule has 0 fully saturated rings. The number of rotatable bonds is 5. The number of aliphatic hydroxyl groups is 1. The van der Waals surface area contributed by atoms with Crippen molar-refractivity contribution in [2.75, 3.05) is 4.72 Å². The van der Waals surface area contributed by atoms with Gasteiger partial charge in [-0.1, -0.05) is 31.2 Å². The van der Waals surface area contributed by atoms with Gasteiger partial charge < -0.3 is 5.11 Å². The summed E-state index contributed by atoms with van der Waals surface area (Å²) in [6.45, 7) is 3.61. The van der Waals surface area contributed by atoms with Crippen molar-refractivity contribution in [3.63, 3.8) is 0 Å². The largest absolute Gasteiger partial charge is 0.389 e. The van der Waals surface area contributed by atoms with Crippen LogP contribution in [-0.4, -0.2) is 13.5 Å². The highest BCUT2D eigenvalue weighted by Crippen LogP contribution is 2.20. The Bertz CT molecular complexity index is 724. The lowest BCUT2D eigenvalue weighted by atomic mass is 10.1. The van der Waals surface area contributed by atoms with Crippen molar-refractivity contribution in [2.24, 2.45) is 0 Å². The van der Waals surface area contributed by atoms with E-state index in [9.17, 15) is 13.5 Å². The van der Waals surface area contributed by atoms with Crippen molar-refractivity contribution in [3.05, 3.63) is 59.7 Å². The molecule has 0 saturated carbocycles.